The van der Waals surface area contributed by atoms with Gasteiger partial charge in [0.2, 0.25) is 0 Å². The first kappa shape index (κ1) is 17.7. The van der Waals surface area contributed by atoms with Gasteiger partial charge >= 0.3 is 0 Å². The highest BCUT2D eigenvalue weighted by molar-refractivity contribution is 6.46. The summed E-state index contributed by atoms with van der Waals surface area (Å²) in [5.41, 5.74) is 3.44. The molecule has 0 atom stereocenters. The van der Waals surface area contributed by atoms with Crippen molar-refractivity contribution >= 4 is 11.6 Å². The van der Waals surface area contributed by atoms with Gasteiger partial charge in [0.25, 0.3) is 5.91 Å². The fourth-order valence-corrected chi connectivity index (χ4v) is 3.82. The molecule has 0 radical (unpaired) electrons. The van der Waals surface area contributed by atoms with Crippen molar-refractivity contribution in [1.82, 2.24) is 10.2 Å². The molecule has 2 aromatic carbocycles. The van der Waals surface area contributed by atoms with Gasteiger partial charge in [-0.3, -0.25) is 14.7 Å². The summed E-state index contributed by atoms with van der Waals surface area (Å²) in [5, 5.41) is 3.15. The maximum atomic E-state index is 12.5. The maximum absolute atomic E-state index is 12.5. The number of amides is 1. The van der Waals surface area contributed by atoms with Crippen molar-refractivity contribution in [2.45, 2.75) is 32.0 Å². The van der Waals surface area contributed by atoms with Crippen LogP contribution < -0.4 is 10.1 Å². The highest BCUT2D eigenvalue weighted by Gasteiger charge is 2.41. The van der Waals surface area contributed by atoms with E-state index in [0.29, 0.717) is 5.71 Å². The second kappa shape index (κ2) is 7.16. The lowest BCUT2D eigenvalue weighted by Crippen LogP contribution is -2.50. The molecule has 2 aliphatic heterocycles. The number of aliphatic imine (C=N–C) groups is 1. The minimum atomic E-state index is -0.442. The van der Waals surface area contributed by atoms with Gasteiger partial charge in [0, 0.05) is 38.0 Å². The highest BCUT2D eigenvalue weighted by Crippen LogP contribution is 2.29. The van der Waals surface area contributed by atoms with Crippen molar-refractivity contribution in [3.63, 3.8) is 0 Å². The molecule has 4 rings (SSSR count). The monoisotopic (exact) mass is 363 g/mol. The fourth-order valence-electron chi connectivity index (χ4n) is 3.82. The van der Waals surface area contributed by atoms with Gasteiger partial charge in [-0.2, -0.15) is 0 Å². The molecule has 2 aromatic rings. The molecule has 1 spiro atoms. The summed E-state index contributed by atoms with van der Waals surface area (Å²) in [5.74, 6) is 0.830. The molecule has 140 valence electrons. The van der Waals surface area contributed by atoms with Crippen LogP contribution in [0.2, 0.25) is 0 Å². The quantitative estimate of drug-likeness (QED) is 0.909. The number of rotatable bonds is 4. The van der Waals surface area contributed by atoms with E-state index in [2.05, 4.69) is 22.3 Å². The largest absolute Gasteiger partial charge is 0.497 e. The molecule has 0 saturated carbocycles. The Balaban J connectivity index is 1.43. The Morgan fingerprint density at radius 3 is 2.59 bits per heavy atom. The molecule has 0 aromatic heterocycles. The van der Waals surface area contributed by atoms with Gasteiger partial charge in [-0.1, -0.05) is 42.0 Å². The number of piperidine rings is 1. The average molecular weight is 363 g/mol. The molecule has 0 bridgehead atoms. The molecule has 5 nitrogen and oxygen atoms in total. The second-order valence-electron chi connectivity index (χ2n) is 7.44. The predicted octanol–water partition coefficient (Wildman–Crippen LogP) is 2.91. The Kier molecular flexibility index (Phi) is 4.70. The number of ether oxygens (including phenoxy) is 1. The number of methoxy groups -OCH3 is 1. The Morgan fingerprint density at radius 1 is 1.15 bits per heavy atom. The van der Waals surface area contributed by atoms with Crippen molar-refractivity contribution in [3.8, 4) is 5.75 Å². The first-order chi connectivity index (χ1) is 13.1. The molecule has 1 saturated heterocycles. The summed E-state index contributed by atoms with van der Waals surface area (Å²) in [6, 6.07) is 16.2. The number of aryl methyl sites for hydroxylation is 1. The number of nitrogens with zero attached hydrogens (tertiary/aromatic N) is 2. The van der Waals surface area contributed by atoms with Gasteiger partial charge in [0.15, 0.2) is 0 Å². The second-order valence-corrected chi connectivity index (χ2v) is 7.44. The number of carbonyl (C=O) groups is 1. The predicted molar refractivity (Wildman–Crippen MR) is 106 cm³/mol. The van der Waals surface area contributed by atoms with E-state index in [1.807, 2.05) is 43.3 Å². The summed E-state index contributed by atoms with van der Waals surface area (Å²) in [6.45, 7) is 4.74. The van der Waals surface area contributed by atoms with Crippen molar-refractivity contribution in [1.29, 1.82) is 0 Å². The third kappa shape index (κ3) is 3.74. The van der Waals surface area contributed by atoms with Crippen LogP contribution in [0.5, 0.6) is 5.75 Å². The normalized spacial score (nSPS) is 19.0. The van der Waals surface area contributed by atoms with Gasteiger partial charge in [-0.25, -0.2) is 0 Å². The van der Waals surface area contributed by atoms with Gasteiger partial charge in [0.05, 0.1) is 7.11 Å². The molecule has 5 heteroatoms. The van der Waals surface area contributed by atoms with Crippen LogP contribution >= 0.6 is 0 Å². The maximum Gasteiger partial charge on any atom is 0.272 e. The van der Waals surface area contributed by atoms with E-state index in [1.54, 1.807) is 7.11 Å². The first-order valence-electron chi connectivity index (χ1n) is 9.42. The van der Waals surface area contributed by atoms with Gasteiger partial charge in [-0.15, -0.1) is 0 Å². The SMILES string of the molecule is COc1cccc(CN2CCC3(CC2)N=C(c2ccc(C)cc2)C(=O)N3)c1. The van der Waals surface area contributed by atoms with Crippen molar-refractivity contribution < 1.29 is 9.53 Å². The van der Waals surface area contributed by atoms with E-state index < -0.39 is 5.66 Å². The van der Waals surface area contributed by atoms with Crippen LogP contribution in [0.25, 0.3) is 0 Å². The van der Waals surface area contributed by atoms with Crippen molar-refractivity contribution in [2.24, 2.45) is 4.99 Å². The van der Waals surface area contributed by atoms with Gasteiger partial charge in [0.1, 0.15) is 17.1 Å². The summed E-state index contributed by atoms with van der Waals surface area (Å²) in [7, 11) is 1.69. The van der Waals surface area contributed by atoms with Gasteiger partial charge in [-0.05, 0) is 24.6 Å². The zero-order valence-corrected chi connectivity index (χ0v) is 15.9. The molecular weight excluding hydrogens is 338 g/mol. The molecule has 2 aliphatic rings. The van der Waals surface area contributed by atoms with Crippen LogP contribution in [0, 0.1) is 6.92 Å². The number of benzene rings is 2. The number of hydrogen-bond acceptors (Lipinski definition) is 4. The van der Waals surface area contributed by atoms with E-state index in [9.17, 15) is 4.79 Å². The third-order valence-electron chi connectivity index (χ3n) is 5.44. The summed E-state index contributed by atoms with van der Waals surface area (Å²) in [6.07, 6.45) is 1.66. The van der Waals surface area contributed by atoms with Crippen LogP contribution in [-0.2, 0) is 11.3 Å². The number of hydrogen-bond donors (Lipinski definition) is 1. The number of carbonyl (C=O) groups excluding carboxylic acids is 1. The first-order valence-corrected chi connectivity index (χ1v) is 9.42. The van der Waals surface area contributed by atoms with Crippen molar-refractivity contribution in [2.75, 3.05) is 20.2 Å². The van der Waals surface area contributed by atoms with Crippen LogP contribution in [-0.4, -0.2) is 42.4 Å². The summed E-state index contributed by atoms with van der Waals surface area (Å²) >= 11 is 0. The lowest BCUT2D eigenvalue weighted by Gasteiger charge is -2.37. The summed E-state index contributed by atoms with van der Waals surface area (Å²) < 4.78 is 5.31. The summed E-state index contributed by atoms with van der Waals surface area (Å²) in [4.78, 5) is 19.8. The van der Waals surface area contributed by atoms with Gasteiger partial charge < -0.3 is 10.1 Å². The highest BCUT2D eigenvalue weighted by atomic mass is 16.5. The molecule has 1 amide bonds. The van der Waals surface area contributed by atoms with E-state index in [-0.39, 0.29) is 5.91 Å². The Labute approximate surface area is 160 Å². The van der Waals surface area contributed by atoms with E-state index in [4.69, 9.17) is 9.73 Å². The molecular formula is C22H25N3O2. The fraction of sp³-hybridized carbons (Fsp3) is 0.364. The Hall–Kier alpha value is -2.66. The minimum absolute atomic E-state index is 0.0555. The van der Waals surface area contributed by atoms with Crippen LogP contribution in [0.15, 0.2) is 53.5 Å². The zero-order chi connectivity index (χ0) is 18.9. The molecule has 1 fully saturated rings. The van der Waals surface area contributed by atoms with E-state index in [0.717, 1.165) is 43.8 Å². The van der Waals surface area contributed by atoms with Crippen LogP contribution in [0.4, 0.5) is 0 Å². The van der Waals surface area contributed by atoms with Crippen LogP contribution in [0.1, 0.15) is 29.5 Å². The van der Waals surface area contributed by atoms with Crippen LogP contribution in [0.3, 0.4) is 0 Å². The lowest BCUT2D eigenvalue weighted by molar-refractivity contribution is -0.115. The van der Waals surface area contributed by atoms with E-state index >= 15 is 0 Å². The minimum Gasteiger partial charge on any atom is -0.497 e. The van der Waals surface area contributed by atoms with E-state index in [1.165, 1.54) is 11.1 Å². The molecule has 1 N–H and O–H groups in total. The average Bonchev–Trinajstić information content (AvgIpc) is 3.01. The van der Waals surface area contributed by atoms with Crippen molar-refractivity contribution in [3.05, 3.63) is 65.2 Å². The Bertz CT molecular complexity index is 865. The molecule has 27 heavy (non-hydrogen) atoms. The number of nitrogens with one attached hydrogen (secondary N) is 1. The zero-order valence-electron chi connectivity index (χ0n) is 15.9. The number of likely N-dealkylation sites (tertiary alicyclic amines) is 1. The Morgan fingerprint density at radius 2 is 1.89 bits per heavy atom. The molecule has 0 unspecified atom stereocenters. The third-order valence-corrected chi connectivity index (χ3v) is 5.44. The molecule has 2 heterocycles. The smallest absolute Gasteiger partial charge is 0.272 e. The lowest BCUT2D eigenvalue weighted by atomic mass is 9.97. The topological polar surface area (TPSA) is 53.9 Å². The molecule has 0 aliphatic carbocycles. The standard InChI is InChI=1S/C22H25N3O2/c1-16-6-8-18(9-7-16)20-21(26)24-22(23-20)10-12-25(13-11-22)15-17-4-3-5-19(14-17)27-2/h3-9,14H,10-13,15H2,1-2H3,(H,24,26).